The van der Waals surface area contributed by atoms with Gasteiger partial charge >= 0.3 is 12.0 Å². The monoisotopic (exact) mass is 355 g/mol. The minimum absolute atomic E-state index is 0.292. The third-order valence-electron chi connectivity index (χ3n) is 4.46. The van der Waals surface area contributed by atoms with Crippen molar-refractivity contribution in [1.82, 2.24) is 14.8 Å². The zero-order valence-corrected chi connectivity index (χ0v) is 14.8. The number of carbonyl (C=O) groups excluding carboxylic acids is 3. The Labute approximate surface area is 151 Å². The molecule has 7 heteroatoms. The zero-order chi connectivity index (χ0) is 18.7. The van der Waals surface area contributed by atoms with Crippen LogP contribution in [0, 0.1) is 13.8 Å². The van der Waals surface area contributed by atoms with E-state index in [9.17, 15) is 14.4 Å². The molecule has 0 atom stereocenters. The van der Waals surface area contributed by atoms with Gasteiger partial charge in [-0.25, -0.2) is 9.59 Å². The standard InChI is InChI=1S/C19H21N3O4/c1-13-10-16(14(2)22(13)11-15-6-4-3-5-7-15)18(24)26-12-17(23)21-9-8-20-19(21)25/h3-7,10H,8-9,11-12H2,1-2H3,(H,20,25). The number of amides is 3. The Balaban J connectivity index is 1.67. The molecular formula is C19H21N3O4. The van der Waals surface area contributed by atoms with Crippen molar-refractivity contribution in [3.63, 3.8) is 0 Å². The highest BCUT2D eigenvalue weighted by Gasteiger charge is 2.27. The second-order valence-corrected chi connectivity index (χ2v) is 6.21. The number of rotatable bonds is 5. The molecule has 1 aliphatic rings. The first-order chi connectivity index (χ1) is 12.5. The maximum Gasteiger partial charge on any atom is 0.340 e. The average Bonchev–Trinajstić information content (AvgIpc) is 3.18. The number of aromatic nitrogens is 1. The second kappa shape index (κ2) is 7.43. The van der Waals surface area contributed by atoms with Gasteiger partial charge in [0.05, 0.1) is 5.56 Å². The third-order valence-corrected chi connectivity index (χ3v) is 4.46. The van der Waals surface area contributed by atoms with E-state index in [-0.39, 0.29) is 0 Å². The van der Waals surface area contributed by atoms with Gasteiger partial charge < -0.3 is 14.6 Å². The molecule has 2 heterocycles. The number of carbonyl (C=O) groups is 3. The number of nitrogens with zero attached hydrogens (tertiary/aromatic N) is 2. The smallest absolute Gasteiger partial charge is 0.340 e. The fourth-order valence-corrected chi connectivity index (χ4v) is 3.01. The van der Waals surface area contributed by atoms with Gasteiger partial charge in [0.15, 0.2) is 6.61 Å². The fraction of sp³-hybridized carbons (Fsp3) is 0.316. The van der Waals surface area contributed by atoms with Crippen molar-refractivity contribution in [2.45, 2.75) is 20.4 Å². The van der Waals surface area contributed by atoms with Crippen molar-refractivity contribution in [3.8, 4) is 0 Å². The molecule has 3 amide bonds. The van der Waals surface area contributed by atoms with Crippen LogP contribution in [0.2, 0.25) is 0 Å². The highest BCUT2D eigenvalue weighted by molar-refractivity contribution is 5.98. The number of esters is 1. The first-order valence-electron chi connectivity index (χ1n) is 8.43. The lowest BCUT2D eigenvalue weighted by Gasteiger charge is -2.12. The van der Waals surface area contributed by atoms with Gasteiger partial charge in [0.2, 0.25) is 0 Å². The minimum Gasteiger partial charge on any atom is -0.452 e. The number of aryl methyl sites for hydroxylation is 1. The van der Waals surface area contributed by atoms with Gasteiger partial charge in [-0.15, -0.1) is 0 Å². The molecule has 0 spiro atoms. The summed E-state index contributed by atoms with van der Waals surface area (Å²) in [6, 6.07) is 11.3. The summed E-state index contributed by atoms with van der Waals surface area (Å²) in [6.07, 6.45) is 0. The Hall–Kier alpha value is -3.09. The van der Waals surface area contributed by atoms with E-state index in [0.717, 1.165) is 21.9 Å². The van der Waals surface area contributed by atoms with E-state index < -0.39 is 24.5 Å². The molecule has 0 aliphatic carbocycles. The predicted molar refractivity (Wildman–Crippen MR) is 94.8 cm³/mol. The van der Waals surface area contributed by atoms with Crippen molar-refractivity contribution in [2.75, 3.05) is 19.7 Å². The zero-order valence-electron chi connectivity index (χ0n) is 14.8. The second-order valence-electron chi connectivity index (χ2n) is 6.21. The van der Waals surface area contributed by atoms with Gasteiger partial charge in [-0.2, -0.15) is 0 Å². The Morgan fingerprint density at radius 2 is 1.92 bits per heavy atom. The molecule has 1 aliphatic heterocycles. The Morgan fingerprint density at radius 3 is 2.58 bits per heavy atom. The first kappa shape index (κ1) is 17.7. The van der Waals surface area contributed by atoms with Crippen LogP contribution in [-0.4, -0.2) is 47.1 Å². The number of imide groups is 1. The molecule has 1 fully saturated rings. The lowest BCUT2D eigenvalue weighted by Crippen LogP contribution is -2.37. The van der Waals surface area contributed by atoms with Crippen LogP contribution in [-0.2, 0) is 16.1 Å². The summed E-state index contributed by atoms with van der Waals surface area (Å²) in [5, 5.41) is 2.54. The van der Waals surface area contributed by atoms with E-state index in [2.05, 4.69) is 5.32 Å². The van der Waals surface area contributed by atoms with Crippen molar-refractivity contribution in [2.24, 2.45) is 0 Å². The number of ether oxygens (including phenoxy) is 1. The molecule has 1 N–H and O–H groups in total. The lowest BCUT2D eigenvalue weighted by atomic mass is 10.2. The quantitative estimate of drug-likeness (QED) is 0.830. The van der Waals surface area contributed by atoms with Crippen LogP contribution in [0.4, 0.5) is 4.79 Å². The molecular weight excluding hydrogens is 334 g/mol. The minimum atomic E-state index is -0.564. The van der Waals surface area contributed by atoms with Crippen LogP contribution in [0.1, 0.15) is 27.3 Å². The summed E-state index contributed by atoms with van der Waals surface area (Å²) in [6.45, 7) is 4.68. The molecule has 3 rings (SSSR count). The molecule has 136 valence electrons. The summed E-state index contributed by atoms with van der Waals surface area (Å²) < 4.78 is 7.16. The molecule has 0 bridgehead atoms. The van der Waals surface area contributed by atoms with E-state index in [1.165, 1.54) is 0 Å². The van der Waals surface area contributed by atoms with Gasteiger partial charge in [-0.3, -0.25) is 9.69 Å². The van der Waals surface area contributed by atoms with E-state index >= 15 is 0 Å². The summed E-state index contributed by atoms with van der Waals surface area (Å²) in [5.74, 6) is -1.09. The van der Waals surface area contributed by atoms with Crippen molar-refractivity contribution >= 4 is 17.9 Å². The topological polar surface area (TPSA) is 80.6 Å². The van der Waals surface area contributed by atoms with Gasteiger partial charge in [-0.05, 0) is 25.5 Å². The van der Waals surface area contributed by atoms with Crippen LogP contribution < -0.4 is 5.32 Å². The molecule has 26 heavy (non-hydrogen) atoms. The fourth-order valence-electron chi connectivity index (χ4n) is 3.01. The average molecular weight is 355 g/mol. The molecule has 0 unspecified atom stereocenters. The Bertz CT molecular complexity index is 842. The highest BCUT2D eigenvalue weighted by atomic mass is 16.5. The highest BCUT2D eigenvalue weighted by Crippen LogP contribution is 2.18. The Morgan fingerprint density at radius 1 is 1.19 bits per heavy atom. The molecule has 0 radical (unpaired) electrons. The first-order valence-corrected chi connectivity index (χ1v) is 8.43. The van der Waals surface area contributed by atoms with Crippen molar-refractivity contribution in [3.05, 3.63) is 58.9 Å². The van der Waals surface area contributed by atoms with E-state index in [4.69, 9.17) is 4.74 Å². The molecule has 7 nitrogen and oxygen atoms in total. The predicted octanol–water partition coefficient (Wildman–Crippen LogP) is 1.86. The van der Waals surface area contributed by atoms with Crippen LogP contribution in [0.15, 0.2) is 36.4 Å². The number of urea groups is 1. The summed E-state index contributed by atoms with van der Waals surface area (Å²) in [5.41, 5.74) is 3.27. The Kier molecular flexibility index (Phi) is 5.06. The van der Waals surface area contributed by atoms with Gasteiger partial charge in [0.1, 0.15) is 0 Å². The lowest BCUT2D eigenvalue weighted by molar-refractivity contribution is -0.130. The number of benzene rings is 1. The molecule has 0 saturated carbocycles. The van der Waals surface area contributed by atoms with Crippen LogP contribution in [0.5, 0.6) is 0 Å². The van der Waals surface area contributed by atoms with E-state index in [1.54, 1.807) is 6.07 Å². The summed E-state index contributed by atoms with van der Waals surface area (Å²) >= 11 is 0. The van der Waals surface area contributed by atoms with Crippen molar-refractivity contribution in [1.29, 1.82) is 0 Å². The molecule has 1 aromatic carbocycles. The van der Waals surface area contributed by atoms with Gasteiger partial charge in [0.25, 0.3) is 5.91 Å². The van der Waals surface area contributed by atoms with Crippen molar-refractivity contribution < 1.29 is 19.1 Å². The normalized spacial score (nSPS) is 13.6. The number of hydrogen-bond acceptors (Lipinski definition) is 4. The molecule has 1 aromatic heterocycles. The number of hydrogen-bond donors (Lipinski definition) is 1. The largest absolute Gasteiger partial charge is 0.452 e. The van der Waals surface area contributed by atoms with Crippen LogP contribution in [0.25, 0.3) is 0 Å². The van der Waals surface area contributed by atoms with Gasteiger partial charge in [-0.1, -0.05) is 30.3 Å². The van der Waals surface area contributed by atoms with Crippen LogP contribution in [0.3, 0.4) is 0 Å². The van der Waals surface area contributed by atoms with Crippen LogP contribution >= 0.6 is 0 Å². The van der Waals surface area contributed by atoms with E-state index in [0.29, 0.717) is 25.2 Å². The summed E-state index contributed by atoms with van der Waals surface area (Å²) in [7, 11) is 0. The summed E-state index contributed by atoms with van der Waals surface area (Å²) in [4.78, 5) is 36.9. The third kappa shape index (κ3) is 3.61. The number of nitrogens with one attached hydrogen (secondary N) is 1. The van der Waals surface area contributed by atoms with E-state index in [1.807, 2.05) is 48.7 Å². The molecule has 2 aromatic rings. The maximum absolute atomic E-state index is 12.4. The molecule has 1 saturated heterocycles. The van der Waals surface area contributed by atoms with Gasteiger partial charge in [0, 0.05) is 31.0 Å². The maximum atomic E-state index is 12.4. The SMILES string of the molecule is Cc1cc(C(=O)OCC(=O)N2CCNC2=O)c(C)n1Cc1ccccc1.